The van der Waals surface area contributed by atoms with Crippen molar-refractivity contribution in [3.8, 4) is 5.82 Å². The van der Waals surface area contributed by atoms with Gasteiger partial charge in [-0.2, -0.15) is 5.10 Å². The van der Waals surface area contributed by atoms with Gasteiger partial charge >= 0.3 is 6.03 Å². The summed E-state index contributed by atoms with van der Waals surface area (Å²) in [7, 11) is 0. The SMILES string of the molecule is CCCO[C@@H]1CCCN(C(=O)Nc2cnn(-c3ccccn3)c2)CC1. The summed E-state index contributed by atoms with van der Waals surface area (Å²) in [5, 5.41) is 7.17. The molecule has 0 unspecified atom stereocenters. The fourth-order valence-electron chi connectivity index (χ4n) is 2.92. The van der Waals surface area contributed by atoms with E-state index in [9.17, 15) is 4.79 Å². The van der Waals surface area contributed by atoms with Crippen LogP contribution in [0.4, 0.5) is 10.5 Å². The lowest BCUT2D eigenvalue weighted by Crippen LogP contribution is -2.35. The molecule has 1 aliphatic rings. The molecule has 2 amide bonds. The van der Waals surface area contributed by atoms with Crippen molar-refractivity contribution in [1.29, 1.82) is 0 Å². The number of carbonyl (C=O) groups excluding carboxylic acids is 1. The number of rotatable bonds is 5. The average molecular weight is 343 g/mol. The van der Waals surface area contributed by atoms with E-state index in [1.54, 1.807) is 23.3 Å². The number of nitrogens with zero attached hydrogens (tertiary/aromatic N) is 4. The molecule has 0 bridgehead atoms. The second-order valence-electron chi connectivity index (χ2n) is 6.20. The van der Waals surface area contributed by atoms with Gasteiger partial charge < -0.3 is 15.0 Å². The van der Waals surface area contributed by atoms with Crippen molar-refractivity contribution in [3.63, 3.8) is 0 Å². The van der Waals surface area contributed by atoms with Crippen LogP contribution in [0.15, 0.2) is 36.8 Å². The van der Waals surface area contributed by atoms with Crippen LogP contribution in [0, 0.1) is 0 Å². The van der Waals surface area contributed by atoms with Gasteiger partial charge in [0.15, 0.2) is 5.82 Å². The molecule has 0 aromatic carbocycles. The van der Waals surface area contributed by atoms with E-state index in [0.717, 1.165) is 38.8 Å². The fraction of sp³-hybridized carbons (Fsp3) is 0.500. The van der Waals surface area contributed by atoms with E-state index in [1.165, 1.54) is 0 Å². The molecule has 0 spiro atoms. The van der Waals surface area contributed by atoms with Gasteiger partial charge in [-0.15, -0.1) is 0 Å². The maximum absolute atomic E-state index is 12.5. The Labute approximate surface area is 148 Å². The first-order valence-corrected chi connectivity index (χ1v) is 8.90. The maximum Gasteiger partial charge on any atom is 0.321 e. The van der Waals surface area contributed by atoms with E-state index >= 15 is 0 Å². The highest BCUT2D eigenvalue weighted by Gasteiger charge is 2.21. The number of likely N-dealkylation sites (tertiary alicyclic amines) is 1. The Hall–Kier alpha value is -2.41. The molecule has 0 saturated carbocycles. The minimum Gasteiger partial charge on any atom is -0.378 e. The molecule has 1 N–H and O–H groups in total. The number of anilines is 1. The van der Waals surface area contributed by atoms with Gasteiger partial charge in [0.1, 0.15) is 0 Å². The molecule has 1 aliphatic heterocycles. The van der Waals surface area contributed by atoms with E-state index < -0.39 is 0 Å². The van der Waals surface area contributed by atoms with Gasteiger partial charge in [0.25, 0.3) is 0 Å². The Bertz CT molecular complexity index is 673. The van der Waals surface area contributed by atoms with Crippen molar-refractivity contribution in [1.82, 2.24) is 19.7 Å². The molecule has 3 heterocycles. The molecular formula is C18H25N5O2. The number of ether oxygens (including phenoxy) is 1. The Balaban J connectivity index is 1.55. The van der Waals surface area contributed by atoms with E-state index in [4.69, 9.17) is 4.74 Å². The van der Waals surface area contributed by atoms with Gasteiger partial charge in [0, 0.05) is 25.9 Å². The van der Waals surface area contributed by atoms with E-state index in [2.05, 4.69) is 22.3 Å². The number of hydrogen-bond donors (Lipinski definition) is 1. The van der Waals surface area contributed by atoms with E-state index in [0.29, 0.717) is 18.1 Å². The third-order valence-corrected chi connectivity index (χ3v) is 4.24. The van der Waals surface area contributed by atoms with E-state index in [-0.39, 0.29) is 12.1 Å². The molecule has 1 fully saturated rings. The van der Waals surface area contributed by atoms with Crippen molar-refractivity contribution < 1.29 is 9.53 Å². The van der Waals surface area contributed by atoms with Crippen molar-refractivity contribution in [2.24, 2.45) is 0 Å². The molecule has 7 nitrogen and oxygen atoms in total. The van der Waals surface area contributed by atoms with Gasteiger partial charge in [-0.3, -0.25) is 0 Å². The normalized spacial score (nSPS) is 18.0. The van der Waals surface area contributed by atoms with Crippen molar-refractivity contribution in [2.45, 2.75) is 38.7 Å². The van der Waals surface area contributed by atoms with Crippen LogP contribution in [-0.4, -0.2) is 51.5 Å². The molecule has 7 heteroatoms. The van der Waals surface area contributed by atoms with E-state index in [1.807, 2.05) is 23.1 Å². The smallest absolute Gasteiger partial charge is 0.321 e. The number of pyridine rings is 1. The van der Waals surface area contributed by atoms with Gasteiger partial charge in [0.05, 0.1) is 24.2 Å². The van der Waals surface area contributed by atoms with Crippen LogP contribution in [-0.2, 0) is 4.74 Å². The summed E-state index contributed by atoms with van der Waals surface area (Å²) in [5.41, 5.74) is 0.665. The quantitative estimate of drug-likeness (QED) is 0.905. The minimum atomic E-state index is -0.0864. The number of amides is 2. The first-order valence-electron chi connectivity index (χ1n) is 8.90. The molecule has 134 valence electrons. The summed E-state index contributed by atoms with van der Waals surface area (Å²) >= 11 is 0. The van der Waals surface area contributed by atoms with Crippen LogP contribution in [0.5, 0.6) is 0 Å². The molecule has 0 aliphatic carbocycles. The van der Waals surface area contributed by atoms with Crippen LogP contribution >= 0.6 is 0 Å². The summed E-state index contributed by atoms with van der Waals surface area (Å²) in [6, 6.07) is 5.53. The van der Waals surface area contributed by atoms with Crippen LogP contribution in [0.3, 0.4) is 0 Å². The number of nitrogens with one attached hydrogen (secondary N) is 1. The van der Waals surface area contributed by atoms with Crippen LogP contribution in [0.1, 0.15) is 32.6 Å². The van der Waals surface area contributed by atoms with Gasteiger partial charge in [-0.25, -0.2) is 14.5 Å². The topological polar surface area (TPSA) is 72.3 Å². The Morgan fingerprint density at radius 3 is 3.08 bits per heavy atom. The first-order chi connectivity index (χ1) is 12.3. The zero-order valence-electron chi connectivity index (χ0n) is 14.6. The lowest BCUT2D eigenvalue weighted by molar-refractivity contribution is 0.0446. The largest absolute Gasteiger partial charge is 0.378 e. The summed E-state index contributed by atoms with van der Waals surface area (Å²) in [5.74, 6) is 0.716. The summed E-state index contributed by atoms with van der Waals surface area (Å²) < 4.78 is 7.48. The summed E-state index contributed by atoms with van der Waals surface area (Å²) in [6.45, 7) is 4.38. The standard InChI is InChI=1S/C18H25N5O2/c1-2-12-25-16-6-5-10-22(11-8-16)18(24)21-15-13-20-23(14-15)17-7-3-4-9-19-17/h3-4,7,9,13-14,16H,2,5-6,8,10-12H2,1H3,(H,21,24)/t16-/m1/s1. The molecule has 0 radical (unpaired) electrons. The summed E-state index contributed by atoms with van der Waals surface area (Å²) in [4.78, 5) is 18.6. The second-order valence-corrected chi connectivity index (χ2v) is 6.20. The minimum absolute atomic E-state index is 0.0864. The predicted molar refractivity (Wildman–Crippen MR) is 95.8 cm³/mol. The summed E-state index contributed by atoms with van der Waals surface area (Å²) in [6.07, 6.45) is 9.29. The predicted octanol–water partition coefficient (Wildman–Crippen LogP) is 3.08. The zero-order chi connectivity index (χ0) is 17.5. The zero-order valence-corrected chi connectivity index (χ0v) is 14.6. The highest BCUT2D eigenvalue weighted by atomic mass is 16.5. The Morgan fingerprint density at radius 1 is 1.36 bits per heavy atom. The maximum atomic E-state index is 12.5. The monoisotopic (exact) mass is 343 g/mol. The van der Waals surface area contributed by atoms with Gasteiger partial charge in [-0.05, 0) is 37.8 Å². The second kappa shape index (κ2) is 8.62. The van der Waals surface area contributed by atoms with Crippen molar-refractivity contribution in [3.05, 3.63) is 36.8 Å². The highest BCUT2D eigenvalue weighted by Crippen LogP contribution is 2.16. The third-order valence-electron chi connectivity index (χ3n) is 4.24. The molecule has 2 aromatic heterocycles. The van der Waals surface area contributed by atoms with Crippen LogP contribution in [0.25, 0.3) is 5.82 Å². The number of urea groups is 1. The lowest BCUT2D eigenvalue weighted by Gasteiger charge is -2.20. The number of hydrogen-bond acceptors (Lipinski definition) is 4. The molecule has 2 aromatic rings. The van der Waals surface area contributed by atoms with Crippen LogP contribution in [0.2, 0.25) is 0 Å². The lowest BCUT2D eigenvalue weighted by atomic mass is 10.2. The molecule has 1 atom stereocenters. The third kappa shape index (κ3) is 4.79. The molecule has 1 saturated heterocycles. The Kier molecular flexibility index (Phi) is 6.00. The molecule has 3 rings (SSSR count). The number of carbonyl (C=O) groups is 1. The van der Waals surface area contributed by atoms with Crippen molar-refractivity contribution in [2.75, 3.05) is 25.0 Å². The van der Waals surface area contributed by atoms with Gasteiger partial charge in [-0.1, -0.05) is 13.0 Å². The Morgan fingerprint density at radius 2 is 2.28 bits per heavy atom. The van der Waals surface area contributed by atoms with Gasteiger partial charge in [0.2, 0.25) is 0 Å². The molecule has 25 heavy (non-hydrogen) atoms. The van der Waals surface area contributed by atoms with Crippen molar-refractivity contribution >= 4 is 11.7 Å². The first kappa shape index (κ1) is 17.4. The number of aromatic nitrogens is 3. The fourth-order valence-corrected chi connectivity index (χ4v) is 2.92. The van der Waals surface area contributed by atoms with Crippen LogP contribution < -0.4 is 5.32 Å². The molecular weight excluding hydrogens is 318 g/mol. The average Bonchev–Trinajstić information content (AvgIpc) is 2.97. The highest BCUT2D eigenvalue weighted by molar-refractivity contribution is 5.89.